The van der Waals surface area contributed by atoms with E-state index in [4.69, 9.17) is 15.0 Å². The van der Waals surface area contributed by atoms with E-state index in [1.807, 2.05) is 47.7 Å². The van der Waals surface area contributed by atoms with Gasteiger partial charge in [0.1, 0.15) is 0 Å². The second kappa shape index (κ2) is 8.47. The molecule has 1 aliphatic carbocycles. The van der Waals surface area contributed by atoms with Gasteiger partial charge in [0.25, 0.3) is 0 Å². The fourth-order valence-electron chi connectivity index (χ4n) is 5.61. The van der Waals surface area contributed by atoms with Crippen molar-refractivity contribution in [2.24, 2.45) is 0 Å². The molecule has 8 rings (SSSR count). The molecule has 0 bridgehead atoms. The van der Waals surface area contributed by atoms with Gasteiger partial charge in [0.2, 0.25) is 5.95 Å². The van der Waals surface area contributed by atoms with Crippen molar-refractivity contribution in [3.8, 4) is 28.7 Å². The summed E-state index contributed by atoms with van der Waals surface area (Å²) >= 11 is 1.88. The van der Waals surface area contributed by atoms with E-state index in [1.165, 1.54) is 36.8 Å². The normalized spacial score (nSPS) is 12.9. The van der Waals surface area contributed by atoms with Crippen LogP contribution in [0.25, 0.3) is 65.9 Å². The molecule has 0 atom stereocenters. The summed E-state index contributed by atoms with van der Waals surface area (Å²) in [6, 6.07) is 33.5. The van der Waals surface area contributed by atoms with Gasteiger partial charge < -0.3 is 0 Å². The molecule has 0 saturated heterocycles. The highest BCUT2D eigenvalue weighted by molar-refractivity contribution is 7.26. The van der Waals surface area contributed by atoms with Crippen molar-refractivity contribution >= 4 is 48.5 Å². The monoisotopic (exact) mass is 506 g/mol. The molecular formula is C33H22N4S. The van der Waals surface area contributed by atoms with Crippen molar-refractivity contribution in [3.63, 3.8) is 0 Å². The number of allylic oxidation sites excluding steroid dienone is 1. The lowest BCUT2D eigenvalue weighted by molar-refractivity contribution is 0.902. The number of nitrogens with zero attached hydrogens (tertiary/aromatic N) is 4. The Morgan fingerprint density at radius 2 is 1.34 bits per heavy atom. The zero-order valence-electron chi connectivity index (χ0n) is 20.5. The number of aryl methyl sites for hydroxylation is 1. The Morgan fingerprint density at radius 1 is 0.658 bits per heavy atom. The van der Waals surface area contributed by atoms with Crippen LogP contribution in [0.2, 0.25) is 0 Å². The van der Waals surface area contributed by atoms with Crippen LogP contribution in [-0.4, -0.2) is 19.5 Å². The molecule has 7 aromatic rings. The first kappa shape index (κ1) is 21.5. The zero-order valence-corrected chi connectivity index (χ0v) is 21.3. The van der Waals surface area contributed by atoms with Crippen molar-refractivity contribution in [2.75, 3.05) is 0 Å². The highest BCUT2D eigenvalue weighted by Gasteiger charge is 2.24. The fraction of sp³-hybridized carbons (Fsp3) is 0.0606. The summed E-state index contributed by atoms with van der Waals surface area (Å²) in [6.07, 6.45) is 6.55. The Balaban J connectivity index is 1.47. The molecule has 0 radical (unpaired) electrons. The van der Waals surface area contributed by atoms with Crippen LogP contribution in [0.3, 0.4) is 0 Å². The molecule has 3 heterocycles. The molecule has 5 heteroatoms. The van der Waals surface area contributed by atoms with Crippen LogP contribution in [0.4, 0.5) is 0 Å². The van der Waals surface area contributed by atoms with Gasteiger partial charge in [-0.3, -0.25) is 4.57 Å². The molecule has 0 amide bonds. The van der Waals surface area contributed by atoms with Gasteiger partial charge >= 0.3 is 0 Å². The molecule has 3 aromatic heterocycles. The molecule has 180 valence electrons. The third-order valence-corrected chi connectivity index (χ3v) is 8.55. The number of hydrogen-bond acceptors (Lipinski definition) is 4. The van der Waals surface area contributed by atoms with E-state index in [-0.39, 0.29) is 0 Å². The lowest BCUT2D eigenvalue weighted by Crippen LogP contribution is -2.08. The molecule has 0 N–H and O–H groups in total. The lowest BCUT2D eigenvalue weighted by Gasteiger charge is -2.13. The lowest BCUT2D eigenvalue weighted by atomic mass is 10.00. The zero-order chi connectivity index (χ0) is 25.1. The highest BCUT2D eigenvalue weighted by Crippen LogP contribution is 2.43. The van der Waals surface area contributed by atoms with Crippen molar-refractivity contribution < 1.29 is 0 Å². The van der Waals surface area contributed by atoms with Crippen molar-refractivity contribution in [2.45, 2.75) is 12.8 Å². The average molecular weight is 507 g/mol. The topological polar surface area (TPSA) is 43.6 Å². The SMILES string of the molecule is C1=Cc2c(c3c4sc5ccccc5c4ccc3n2-c2nc(-c3ccccc3)nc(-c3ccccc3)n2)CC1. The van der Waals surface area contributed by atoms with Crippen LogP contribution >= 0.6 is 11.3 Å². The average Bonchev–Trinajstić information content (AvgIpc) is 3.53. The van der Waals surface area contributed by atoms with Crippen molar-refractivity contribution in [3.05, 3.63) is 114 Å². The quantitative estimate of drug-likeness (QED) is 0.241. The van der Waals surface area contributed by atoms with E-state index in [1.54, 1.807) is 0 Å². The van der Waals surface area contributed by atoms with Gasteiger partial charge in [-0.2, -0.15) is 9.97 Å². The first-order valence-electron chi connectivity index (χ1n) is 12.9. The maximum atomic E-state index is 5.06. The third kappa shape index (κ3) is 3.25. The molecule has 0 aliphatic heterocycles. The maximum absolute atomic E-state index is 5.06. The minimum absolute atomic E-state index is 0.649. The Hall–Kier alpha value is -4.61. The number of fused-ring (bicyclic) bond motifs is 7. The van der Waals surface area contributed by atoms with E-state index in [0.29, 0.717) is 17.6 Å². The molecule has 0 fully saturated rings. The van der Waals surface area contributed by atoms with E-state index in [9.17, 15) is 0 Å². The molecule has 38 heavy (non-hydrogen) atoms. The second-order valence-corrected chi connectivity index (χ2v) is 10.6. The summed E-state index contributed by atoms with van der Waals surface area (Å²) in [4.78, 5) is 15.0. The summed E-state index contributed by atoms with van der Waals surface area (Å²) < 4.78 is 4.90. The van der Waals surface area contributed by atoms with Crippen molar-refractivity contribution in [1.82, 2.24) is 19.5 Å². The molecular weight excluding hydrogens is 484 g/mol. The summed E-state index contributed by atoms with van der Waals surface area (Å²) in [5.41, 5.74) is 5.63. The first-order valence-corrected chi connectivity index (χ1v) is 13.7. The number of aromatic nitrogens is 4. The third-order valence-electron chi connectivity index (χ3n) is 7.34. The number of thiophene rings is 1. The van der Waals surface area contributed by atoms with Gasteiger partial charge in [-0.25, -0.2) is 4.98 Å². The highest BCUT2D eigenvalue weighted by atomic mass is 32.1. The molecule has 0 spiro atoms. The van der Waals surface area contributed by atoms with E-state index in [2.05, 4.69) is 77.4 Å². The van der Waals surface area contributed by atoms with E-state index in [0.717, 1.165) is 29.5 Å². The number of rotatable bonds is 3. The summed E-state index contributed by atoms with van der Waals surface area (Å²) in [5, 5.41) is 3.96. The first-order chi connectivity index (χ1) is 18.8. The Morgan fingerprint density at radius 3 is 2.08 bits per heavy atom. The van der Waals surface area contributed by atoms with Gasteiger partial charge in [0.05, 0.1) is 11.2 Å². The minimum Gasteiger partial charge on any atom is -0.278 e. The summed E-state index contributed by atoms with van der Waals surface area (Å²) in [5.74, 6) is 2.00. The smallest absolute Gasteiger partial charge is 0.238 e. The Kier molecular flexibility index (Phi) is 4.79. The van der Waals surface area contributed by atoms with Gasteiger partial charge in [0, 0.05) is 36.7 Å². The van der Waals surface area contributed by atoms with Crippen LogP contribution in [0, 0.1) is 0 Å². The van der Waals surface area contributed by atoms with Crippen LogP contribution in [0.1, 0.15) is 17.7 Å². The van der Waals surface area contributed by atoms with Gasteiger partial charge in [0.15, 0.2) is 11.6 Å². The molecule has 1 aliphatic rings. The second-order valence-electron chi connectivity index (χ2n) is 9.59. The number of benzene rings is 4. The van der Waals surface area contributed by atoms with Crippen molar-refractivity contribution in [1.29, 1.82) is 0 Å². The van der Waals surface area contributed by atoms with Crippen LogP contribution in [0.5, 0.6) is 0 Å². The molecule has 4 nitrogen and oxygen atoms in total. The summed E-state index contributed by atoms with van der Waals surface area (Å²) in [6.45, 7) is 0. The van der Waals surface area contributed by atoms with Crippen LogP contribution in [-0.2, 0) is 6.42 Å². The largest absolute Gasteiger partial charge is 0.278 e. The Labute approximate surface area is 223 Å². The number of hydrogen-bond donors (Lipinski definition) is 0. The minimum atomic E-state index is 0.649. The fourth-order valence-corrected chi connectivity index (χ4v) is 6.89. The van der Waals surface area contributed by atoms with E-state index >= 15 is 0 Å². The standard InChI is InChI=1S/C33H22N4S/c1-3-11-21(12-4-1)31-34-32(22-13-5-2-6-14-22)36-33(35-31)37-26-17-9-7-16-25(26)29-27(37)20-19-24-23-15-8-10-18-28(23)38-30(24)29/h1-6,8-15,17-20H,7,16H2. The van der Waals surface area contributed by atoms with E-state index < -0.39 is 0 Å². The molecule has 4 aromatic carbocycles. The van der Waals surface area contributed by atoms with Crippen LogP contribution in [0.15, 0.2) is 103 Å². The van der Waals surface area contributed by atoms with Crippen LogP contribution < -0.4 is 0 Å². The molecule has 0 unspecified atom stereocenters. The predicted molar refractivity (Wildman–Crippen MR) is 158 cm³/mol. The van der Waals surface area contributed by atoms with Gasteiger partial charge in [-0.1, -0.05) is 91.0 Å². The maximum Gasteiger partial charge on any atom is 0.238 e. The molecule has 0 saturated carbocycles. The predicted octanol–water partition coefficient (Wildman–Crippen LogP) is 8.48. The Bertz CT molecular complexity index is 1960. The summed E-state index contributed by atoms with van der Waals surface area (Å²) in [7, 11) is 0. The van der Waals surface area contributed by atoms with Gasteiger partial charge in [-0.15, -0.1) is 11.3 Å². The van der Waals surface area contributed by atoms with Gasteiger partial charge in [-0.05, 0) is 36.6 Å².